The van der Waals surface area contributed by atoms with E-state index in [0.717, 1.165) is 35.2 Å². The minimum absolute atomic E-state index is 0.117. The molecule has 5 rings (SSSR count). The van der Waals surface area contributed by atoms with Gasteiger partial charge in [0.2, 0.25) is 5.91 Å². The number of thiazole rings is 1. The smallest absolute Gasteiger partial charge is 0.236 e. The Morgan fingerprint density at radius 3 is 2.71 bits per heavy atom. The van der Waals surface area contributed by atoms with Crippen molar-refractivity contribution in [1.29, 1.82) is 0 Å². The van der Waals surface area contributed by atoms with E-state index < -0.39 is 0 Å². The van der Waals surface area contributed by atoms with Crippen LogP contribution in [-0.2, 0) is 11.3 Å². The second-order valence-corrected chi connectivity index (χ2v) is 9.08. The van der Waals surface area contributed by atoms with E-state index in [-0.39, 0.29) is 11.7 Å². The average molecular weight is 449 g/mol. The number of rotatable bonds is 8. The first-order chi connectivity index (χ1) is 15.3. The molecule has 31 heavy (non-hydrogen) atoms. The number of pyridine rings is 1. The van der Waals surface area contributed by atoms with Crippen LogP contribution in [-0.4, -0.2) is 36.4 Å². The van der Waals surface area contributed by atoms with Crippen molar-refractivity contribution in [2.24, 2.45) is 0 Å². The highest BCUT2D eigenvalue weighted by Crippen LogP contribution is 2.40. The maximum Gasteiger partial charge on any atom is 0.236 e. The number of aromatic nitrogens is 5. The van der Waals surface area contributed by atoms with Gasteiger partial charge in [0.05, 0.1) is 18.0 Å². The molecule has 156 valence electrons. The molecule has 0 bridgehead atoms. The first-order valence-corrected chi connectivity index (χ1v) is 11.9. The second-order valence-electron chi connectivity index (χ2n) is 7.28. The van der Waals surface area contributed by atoms with Gasteiger partial charge in [-0.3, -0.25) is 9.78 Å². The molecule has 3 aromatic heterocycles. The maximum atomic E-state index is 12.5. The fourth-order valence-corrected chi connectivity index (χ4v) is 4.68. The van der Waals surface area contributed by atoms with Crippen LogP contribution in [0.5, 0.6) is 0 Å². The summed E-state index contributed by atoms with van der Waals surface area (Å²) in [4.78, 5) is 21.3. The Morgan fingerprint density at radius 2 is 1.94 bits per heavy atom. The summed E-state index contributed by atoms with van der Waals surface area (Å²) in [7, 11) is 0. The van der Waals surface area contributed by atoms with Gasteiger partial charge in [0.15, 0.2) is 10.3 Å². The average Bonchev–Trinajstić information content (AvgIpc) is 3.41. The molecule has 0 saturated heterocycles. The predicted octanol–water partition coefficient (Wildman–Crippen LogP) is 4.45. The standard InChI is InChI=1S/C22H20N6OS2/c29-19(25-21-24-18(13-30-21)17-8-4-5-11-23-17)14-31-22-27-26-20(16-9-10-16)28(22)12-15-6-2-1-3-7-15/h1-8,11,13,16H,9-10,12,14H2,(H,24,25,29). The van der Waals surface area contributed by atoms with Crippen LogP contribution in [0.3, 0.4) is 0 Å². The number of hydrogen-bond acceptors (Lipinski definition) is 7. The highest BCUT2D eigenvalue weighted by molar-refractivity contribution is 7.99. The molecule has 0 spiro atoms. The van der Waals surface area contributed by atoms with Crippen LogP contribution in [0.25, 0.3) is 11.4 Å². The third kappa shape index (κ3) is 4.83. The van der Waals surface area contributed by atoms with Crippen molar-refractivity contribution >= 4 is 34.1 Å². The molecule has 4 aromatic rings. The van der Waals surface area contributed by atoms with E-state index in [4.69, 9.17) is 0 Å². The summed E-state index contributed by atoms with van der Waals surface area (Å²) in [5.41, 5.74) is 2.74. The summed E-state index contributed by atoms with van der Waals surface area (Å²) in [5, 5.41) is 14.9. The minimum Gasteiger partial charge on any atom is -0.301 e. The summed E-state index contributed by atoms with van der Waals surface area (Å²) >= 11 is 2.79. The number of hydrogen-bond donors (Lipinski definition) is 1. The van der Waals surface area contributed by atoms with Gasteiger partial charge in [-0.15, -0.1) is 21.5 Å². The van der Waals surface area contributed by atoms with Crippen LogP contribution in [0.2, 0.25) is 0 Å². The van der Waals surface area contributed by atoms with Crippen molar-refractivity contribution in [1.82, 2.24) is 24.7 Å². The van der Waals surface area contributed by atoms with Gasteiger partial charge < -0.3 is 9.88 Å². The SMILES string of the molecule is O=C(CSc1nnc(C2CC2)n1Cc1ccccc1)Nc1nc(-c2ccccn2)cs1. The monoisotopic (exact) mass is 448 g/mol. The summed E-state index contributed by atoms with van der Waals surface area (Å²) in [6, 6.07) is 15.9. The lowest BCUT2D eigenvalue weighted by molar-refractivity contribution is -0.113. The lowest BCUT2D eigenvalue weighted by Crippen LogP contribution is -2.15. The van der Waals surface area contributed by atoms with Gasteiger partial charge in [-0.2, -0.15) is 0 Å². The number of carbonyl (C=O) groups is 1. The molecule has 7 nitrogen and oxygen atoms in total. The highest BCUT2D eigenvalue weighted by Gasteiger charge is 2.30. The third-order valence-corrected chi connectivity index (χ3v) is 6.61. The van der Waals surface area contributed by atoms with Crippen LogP contribution in [0, 0.1) is 0 Å². The molecule has 0 atom stereocenters. The molecular weight excluding hydrogens is 428 g/mol. The Balaban J connectivity index is 1.24. The molecule has 0 radical (unpaired) electrons. The number of thioether (sulfide) groups is 1. The molecule has 3 heterocycles. The normalized spacial score (nSPS) is 13.3. The van der Waals surface area contributed by atoms with E-state index in [0.29, 0.717) is 17.6 Å². The molecule has 0 aliphatic heterocycles. The van der Waals surface area contributed by atoms with Crippen LogP contribution in [0.1, 0.15) is 30.1 Å². The molecular formula is C22H20N6OS2. The Kier molecular flexibility index (Phi) is 5.77. The minimum atomic E-state index is -0.117. The number of nitrogens with zero attached hydrogens (tertiary/aromatic N) is 5. The zero-order chi connectivity index (χ0) is 21.0. The fraction of sp³-hybridized carbons (Fsp3) is 0.227. The van der Waals surface area contributed by atoms with Gasteiger partial charge >= 0.3 is 0 Å². The lowest BCUT2D eigenvalue weighted by Gasteiger charge is -2.10. The fourth-order valence-electron chi connectivity index (χ4n) is 3.21. The van der Waals surface area contributed by atoms with E-state index in [1.54, 1.807) is 6.20 Å². The first-order valence-electron chi connectivity index (χ1n) is 10.0. The van der Waals surface area contributed by atoms with Gasteiger partial charge in [0.25, 0.3) is 0 Å². The lowest BCUT2D eigenvalue weighted by atomic mass is 10.2. The Morgan fingerprint density at radius 1 is 1.10 bits per heavy atom. The van der Waals surface area contributed by atoms with E-state index in [9.17, 15) is 4.79 Å². The molecule has 0 unspecified atom stereocenters. The highest BCUT2D eigenvalue weighted by atomic mass is 32.2. The Bertz CT molecular complexity index is 1170. The maximum absolute atomic E-state index is 12.5. The molecule has 1 fully saturated rings. The van der Waals surface area contributed by atoms with Crippen molar-refractivity contribution in [3.63, 3.8) is 0 Å². The number of carbonyl (C=O) groups excluding carboxylic acids is 1. The largest absolute Gasteiger partial charge is 0.301 e. The number of benzene rings is 1. The number of amides is 1. The Labute approximate surface area is 188 Å². The molecule has 1 saturated carbocycles. The summed E-state index contributed by atoms with van der Waals surface area (Å²) in [6.07, 6.45) is 4.03. The molecule has 1 amide bonds. The van der Waals surface area contributed by atoms with Gasteiger partial charge in [-0.1, -0.05) is 48.2 Å². The molecule has 1 aliphatic rings. The number of anilines is 1. The Hall–Kier alpha value is -3.04. The van der Waals surface area contributed by atoms with Crippen molar-refractivity contribution in [3.8, 4) is 11.4 Å². The van der Waals surface area contributed by atoms with Crippen LogP contribution >= 0.6 is 23.1 Å². The first kappa shape index (κ1) is 19.9. The van der Waals surface area contributed by atoms with Gasteiger partial charge in [-0.25, -0.2) is 4.98 Å². The summed E-state index contributed by atoms with van der Waals surface area (Å²) < 4.78 is 2.15. The van der Waals surface area contributed by atoms with Gasteiger partial charge in [0, 0.05) is 17.5 Å². The van der Waals surface area contributed by atoms with Crippen molar-refractivity contribution in [3.05, 3.63) is 71.5 Å². The molecule has 1 aromatic carbocycles. The predicted molar refractivity (Wildman–Crippen MR) is 122 cm³/mol. The van der Waals surface area contributed by atoms with E-state index in [1.807, 2.05) is 41.8 Å². The summed E-state index contributed by atoms with van der Waals surface area (Å²) in [5.74, 6) is 1.64. The van der Waals surface area contributed by atoms with Crippen LogP contribution in [0.4, 0.5) is 5.13 Å². The second kappa shape index (κ2) is 8.99. The quantitative estimate of drug-likeness (QED) is 0.401. The molecule has 9 heteroatoms. The van der Waals surface area contributed by atoms with E-state index >= 15 is 0 Å². The third-order valence-electron chi connectivity index (χ3n) is 4.88. The van der Waals surface area contributed by atoms with Crippen molar-refractivity contribution in [2.45, 2.75) is 30.5 Å². The number of nitrogens with one attached hydrogen (secondary N) is 1. The van der Waals surface area contributed by atoms with Crippen LogP contribution in [0.15, 0.2) is 65.3 Å². The zero-order valence-electron chi connectivity index (χ0n) is 16.6. The van der Waals surface area contributed by atoms with Gasteiger partial charge in [-0.05, 0) is 30.5 Å². The van der Waals surface area contributed by atoms with Crippen molar-refractivity contribution < 1.29 is 4.79 Å². The van der Waals surface area contributed by atoms with Gasteiger partial charge in [0.1, 0.15) is 11.5 Å². The summed E-state index contributed by atoms with van der Waals surface area (Å²) in [6.45, 7) is 0.712. The van der Waals surface area contributed by atoms with E-state index in [1.165, 1.54) is 28.7 Å². The van der Waals surface area contributed by atoms with E-state index in [2.05, 4.69) is 42.2 Å². The topological polar surface area (TPSA) is 85.6 Å². The van der Waals surface area contributed by atoms with Crippen molar-refractivity contribution in [2.75, 3.05) is 11.1 Å². The molecule has 1 aliphatic carbocycles. The van der Waals surface area contributed by atoms with Crippen LogP contribution < -0.4 is 5.32 Å². The zero-order valence-corrected chi connectivity index (χ0v) is 18.3. The molecule has 1 N–H and O–H groups in total.